The maximum Gasteiger partial charge on any atom is 0.268 e. The van der Waals surface area contributed by atoms with E-state index in [2.05, 4.69) is 47.2 Å². The number of benzene rings is 1. The minimum atomic E-state index is 0.00340. The van der Waals surface area contributed by atoms with Gasteiger partial charge in [-0.25, -0.2) is 0 Å². The molecule has 0 bridgehead atoms. The topological polar surface area (TPSA) is 48.1 Å². The summed E-state index contributed by atoms with van der Waals surface area (Å²) in [6.45, 7) is 9.45. The molecule has 1 aromatic carbocycles. The third-order valence-electron chi connectivity index (χ3n) is 5.05. The second-order valence-corrected chi connectivity index (χ2v) is 7.26. The Balaban J connectivity index is 1.66. The largest absolute Gasteiger partial charge is 0.350 e. The molecule has 1 saturated heterocycles. The monoisotopic (exact) mass is 327 g/mol. The SMILES string of the molecule is Cc1ccc2[nH]c(C(=O)NC(C)CN3CCCCCC3)c(C)c2c1. The summed E-state index contributed by atoms with van der Waals surface area (Å²) in [6, 6.07) is 6.42. The van der Waals surface area contributed by atoms with Crippen LogP contribution in [0, 0.1) is 13.8 Å². The smallest absolute Gasteiger partial charge is 0.268 e. The normalized spacial score (nSPS) is 17.6. The average Bonchev–Trinajstić information content (AvgIpc) is 2.72. The number of carbonyl (C=O) groups excluding carboxylic acids is 1. The van der Waals surface area contributed by atoms with Gasteiger partial charge in [0.2, 0.25) is 0 Å². The molecule has 3 rings (SSSR count). The molecule has 2 heterocycles. The van der Waals surface area contributed by atoms with E-state index in [1.54, 1.807) is 0 Å². The maximum absolute atomic E-state index is 12.7. The van der Waals surface area contributed by atoms with Crippen LogP contribution in [0.1, 0.15) is 54.2 Å². The van der Waals surface area contributed by atoms with Crippen molar-refractivity contribution in [1.29, 1.82) is 0 Å². The molecule has 4 nitrogen and oxygen atoms in total. The van der Waals surface area contributed by atoms with Crippen LogP contribution in [0.5, 0.6) is 0 Å². The van der Waals surface area contributed by atoms with Gasteiger partial charge in [-0.15, -0.1) is 0 Å². The Kier molecular flexibility index (Phi) is 5.24. The third-order valence-corrected chi connectivity index (χ3v) is 5.05. The van der Waals surface area contributed by atoms with E-state index in [4.69, 9.17) is 0 Å². The molecule has 1 aromatic heterocycles. The van der Waals surface area contributed by atoms with E-state index < -0.39 is 0 Å². The van der Waals surface area contributed by atoms with Gasteiger partial charge < -0.3 is 15.2 Å². The van der Waals surface area contributed by atoms with Crippen molar-refractivity contribution in [3.63, 3.8) is 0 Å². The highest BCUT2D eigenvalue weighted by Gasteiger charge is 2.18. The lowest BCUT2D eigenvalue weighted by Gasteiger charge is -2.24. The summed E-state index contributed by atoms with van der Waals surface area (Å²) in [5.74, 6) is 0.00340. The Hall–Kier alpha value is -1.81. The molecule has 1 fully saturated rings. The number of hydrogen-bond acceptors (Lipinski definition) is 2. The van der Waals surface area contributed by atoms with E-state index in [1.165, 1.54) is 31.2 Å². The molecule has 0 radical (unpaired) electrons. The minimum Gasteiger partial charge on any atom is -0.350 e. The molecule has 1 atom stereocenters. The minimum absolute atomic E-state index is 0.00340. The fourth-order valence-corrected chi connectivity index (χ4v) is 3.72. The van der Waals surface area contributed by atoms with Crippen molar-refractivity contribution in [2.75, 3.05) is 19.6 Å². The fourth-order valence-electron chi connectivity index (χ4n) is 3.72. The molecule has 1 unspecified atom stereocenters. The van der Waals surface area contributed by atoms with Crippen LogP contribution >= 0.6 is 0 Å². The summed E-state index contributed by atoms with van der Waals surface area (Å²) in [5, 5.41) is 4.31. The predicted molar refractivity (Wildman–Crippen MR) is 99.6 cm³/mol. The quantitative estimate of drug-likeness (QED) is 0.898. The number of aromatic nitrogens is 1. The van der Waals surface area contributed by atoms with Crippen molar-refractivity contribution in [1.82, 2.24) is 15.2 Å². The second-order valence-electron chi connectivity index (χ2n) is 7.26. The summed E-state index contributed by atoms with van der Waals surface area (Å²) in [6.07, 6.45) is 5.23. The van der Waals surface area contributed by atoms with E-state index >= 15 is 0 Å². The lowest BCUT2D eigenvalue weighted by molar-refractivity contribution is 0.0924. The highest BCUT2D eigenvalue weighted by molar-refractivity contribution is 6.01. The van der Waals surface area contributed by atoms with Gasteiger partial charge in [0.1, 0.15) is 5.69 Å². The molecule has 1 amide bonds. The Bertz CT molecular complexity index is 711. The molecule has 0 spiro atoms. The van der Waals surface area contributed by atoms with Crippen molar-refractivity contribution in [3.8, 4) is 0 Å². The molecule has 0 aliphatic carbocycles. The van der Waals surface area contributed by atoms with Crippen LogP contribution in [0.15, 0.2) is 18.2 Å². The van der Waals surface area contributed by atoms with Gasteiger partial charge in [-0.3, -0.25) is 4.79 Å². The molecule has 130 valence electrons. The van der Waals surface area contributed by atoms with E-state index in [1.807, 2.05) is 6.92 Å². The standard InChI is InChI=1S/C20H29N3O/c1-14-8-9-18-17(12-14)16(3)19(22-18)20(24)21-15(2)13-23-10-6-4-5-7-11-23/h8-9,12,15,22H,4-7,10-11,13H2,1-3H3,(H,21,24). The van der Waals surface area contributed by atoms with Gasteiger partial charge in [0.25, 0.3) is 5.91 Å². The zero-order valence-electron chi connectivity index (χ0n) is 15.1. The maximum atomic E-state index is 12.7. The zero-order chi connectivity index (χ0) is 17.1. The Labute approximate surface area is 144 Å². The van der Waals surface area contributed by atoms with Crippen molar-refractivity contribution >= 4 is 16.8 Å². The highest BCUT2D eigenvalue weighted by Crippen LogP contribution is 2.23. The second kappa shape index (κ2) is 7.39. The number of hydrogen-bond donors (Lipinski definition) is 2. The first-order valence-corrected chi connectivity index (χ1v) is 9.17. The Morgan fingerprint density at radius 1 is 1.21 bits per heavy atom. The van der Waals surface area contributed by atoms with Crippen LogP contribution in [0.2, 0.25) is 0 Å². The lowest BCUT2D eigenvalue weighted by atomic mass is 10.1. The van der Waals surface area contributed by atoms with E-state index in [0.29, 0.717) is 5.69 Å². The molecule has 24 heavy (non-hydrogen) atoms. The number of rotatable bonds is 4. The van der Waals surface area contributed by atoms with Crippen molar-refractivity contribution in [2.24, 2.45) is 0 Å². The third kappa shape index (κ3) is 3.81. The molecule has 4 heteroatoms. The average molecular weight is 327 g/mol. The molecule has 1 aliphatic rings. The molecule has 1 aliphatic heterocycles. The molecular weight excluding hydrogens is 298 g/mol. The van der Waals surface area contributed by atoms with Crippen molar-refractivity contribution in [2.45, 2.75) is 52.5 Å². The number of likely N-dealkylation sites (tertiary alicyclic amines) is 1. The van der Waals surface area contributed by atoms with Gasteiger partial charge in [0.15, 0.2) is 0 Å². The molecule has 2 aromatic rings. The number of aryl methyl sites for hydroxylation is 2. The molecule has 2 N–H and O–H groups in total. The van der Waals surface area contributed by atoms with Crippen molar-refractivity contribution < 1.29 is 4.79 Å². The van der Waals surface area contributed by atoms with Crippen molar-refractivity contribution in [3.05, 3.63) is 35.0 Å². The van der Waals surface area contributed by atoms with Crippen LogP contribution in [0.3, 0.4) is 0 Å². The van der Waals surface area contributed by atoms with Gasteiger partial charge in [-0.2, -0.15) is 0 Å². The van der Waals surface area contributed by atoms with E-state index in [9.17, 15) is 4.79 Å². The van der Waals surface area contributed by atoms with Gasteiger partial charge in [-0.1, -0.05) is 24.5 Å². The first kappa shape index (κ1) is 17.0. The number of nitrogens with zero attached hydrogens (tertiary/aromatic N) is 1. The summed E-state index contributed by atoms with van der Waals surface area (Å²) >= 11 is 0. The zero-order valence-corrected chi connectivity index (χ0v) is 15.1. The summed E-state index contributed by atoms with van der Waals surface area (Å²) in [5.41, 5.74) is 3.97. The summed E-state index contributed by atoms with van der Waals surface area (Å²) in [4.78, 5) is 18.4. The van der Waals surface area contributed by atoms with Crippen LogP contribution < -0.4 is 5.32 Å². The Morgan fingerprint density at radius 3 is 2.62 bits per heavy atom. The van der Waals surface area contributed by atoms with E-state index in [-0.39, 0.29) is 11.9 Å². The number of amides is 1. The Morgan fingerprint density at radius 2 is 1.92 bits per heavy atom. The van der Waals surface area contributed by atoms with Gasteiger partial charge in [-0.05, 0) is 64.4 Å². The molecular formula is C20H29N3O. The highest BCUT2D eigenvalue weighted by atomic mass is 16.1. The first-order valence-electron chi connectivity index (χ1n) is 9.17. The van der Waals surface area contributed by atoms with Gasteiger partial charge in [0.05, 0.1) is 0 Å². The number of nitrogens with one attached hydrogen (secondary N) is 2. The van der Waals surface area contributed by atoms with Crippen LogP contribution in [-0.2, 0) is 0 Å². The summed E-state index contributed by atoms with van der Waals surface area (Å²) < 4.78 is 0. The van der Waals surface area contributed by atoms with Crippen LogP contribution in [0.25, 0.3) is 10.9 Å². The first-order chi connectivity index (χ1) is 11.5. The van der Waals surface area contributed by atoms with Gasteiger partial charge in [0, 0.05) is 23.5 Å². The number of fused-ring (bicyclic) bond motifs is 1. The molecule has 0 saturated carbocycles. The summed E-state index contributed by atoms with van der Waals surface area (Å²) in [7, 11) is 0. The van der Waals surface area contributed by atoms with Crippen LogP contribution in [0.4, 0.5) is 0 Å². The number of aromatic amines is 1. The van der Waals surface area contributed by atoms with Crippen LogP contribution in [-0.4, -0.2) is 41.5 Å². The van der Waals surface area contributed by atoms with Gasteiger partial charge >= 0.3 is 0 Å². The fraction of sp³-hybridized carbons (Fsp3) is 0.550. The predicted octanol–water partition coefficient (Wildman–Crippen LogP) is 3.78. The lowest BCUT2D eigenvalue weighted by Crippen LogP contribution is -2.42. The number of carbonyl (C=O) groups is 1. The number of H-pyrrole nitrogens is 1. The van der Waals surface area contributed by atoms with E-state index in [0.717, 1.165) is 36.1 Å².